The number of hydrogen-bond donors (Lipinski definition) is 3. The van der Waals surface area contributed by atoms with Gasteiger partial charge in [0.2, 0.25) is 0 Å². The molecule has 0 aromatic carbocycles. The van der Waals surface area contributed by atoms with Crippen molar-refractivity contribution in [1.82, 2.24) is 24.5 Å². The Hall–Kier alpha value is -1.81. The largest absolute Gasteiger partial charge is 0.394 e. The quantitative estimate of drug-likeness (QED) is 0.613. The summed E-state index contributed by atoms with van der Waals surface area (Å²) >= 11 is 0. The minimum absolute atomic E-state index is 0.376. The SMILES string of the molecule is Cn1cc(-c2ncn([C@@H]3O[C@H](CO)C(O)C3O)n2)cn1. The molecular weight excluding hydrogens is 266 g/mol. The first-order valence-corrected chi connectivity index (χ1v) is 6.13. The first-order valence-electron chi connectivity index (χ1n) is 6.13. The predicted molar refractivity (Wildman–Crippen MR) is 65.2 cm³/mol. The molecule has 0 saturated carbocycles. The Morgan fingerprint density at radius 2 is 2.15 bits per heavy atom. The van der Waals surface area contributed by atoms with Gasteiger partial charge in [0.15, 0.2) is 12.1 Å². The molecule has 3 N–H and O–H groups in total. The molecule has 0 amide bonds. The molecular formula is C11H15N5O4. The number of aromatic nitrogens is 5. The fourth-order valence-corrected chi connectivity index (χ4v) is 2.16. The molecule has 2 unspecified atom stereocenters. The normalized spacial score (nSPS) is 30.0. The van der Waals surface area contributed by atoms with E-state index in [4.69, 9.17) is 9.84 Å². The van der Waals surface area contributed by atoms with Crippen molar-refractivity contribution in [1.29, 1.82) is 0 Å². The summed E-state index contributed by atoms with van der Waals surface area (Å²) in [5.41, 5.74) is 0.734. The van der Waals surface area contributed by atoms with Crippen LogP contribution in [0.25, 0.3) is 11.4 Å². The van der Waals surface area contributed by atoms with Gasteiger partial charge in [-0.2, -0.15) is 5.10 Å². The maximum Gasteiger partial charge on any atom is 0.184 e. The summed E-state index contributed by atoms with van der Waals surface area (Å²) in [6.07, 6.45) is 0.754. The molecule has 1 aliphatic heterocycles. The van der Waals surface area contributed by atoms with E-state index in [1.807, 2.05) is 0 Å². The predicted octanol–water partition coefficient (Wildman–Crippen LogP) is -1.71. The van der Waals surface area contributed by atoms with Crippen LogP contribution in [0.3, 0.4) is 0 Å². The fourth-order valence-electron chi connectivity index (χ4n) is 2.16. The number of hydrogen-bond acceptors (Lipinski definition) is 7. The van der Waals surface area contributed by atoms with E-state index < -0.39 is 24.5 Å². The van der Waals surface area contributed by atoms with Gasteiger partial charge in [-0.25, -0.2) is 9.67 Å². The van der Waals surface area contributed by atoms with Gasteiger partial charge in [0, 0.05) is 13.2 Å². The summed E-state index contributed by atoms with van der Waals surface area (Å²) in [4.78, 5) is 4.12. The number of rotatable bonds is 3. The fraction of sp³-hybridized carbons (Fsp3) is 0.545. The van der Waals surface area contributed by atoms with Crippen molar-refractivity contribution in [3.63, 3.8) is 0 Å². The lowest BCUT2D eigenvalue weighted by Gasteiger charge is -2.13. The minimum Gasteiger partial charge on any atom is -0.394 e. The molecule has 2 aromatic heterocycles. The first-order chi connectivity index (χ1) is 9.60. The van der Waals surface area contributed by atoms with E-state index in [9.17, 15) is 10.2 Å². The molecule has 0 bridgehead atoms. The maximum atomic E-state index is 9.91. The van der Waals surface area contributed by atoms with Gasteiger partial charge in [0.25, 0.3) is 0 Å². The van der Waals surface area contributed by atoms with E-state index in [-0.39, 0.29) is 6.61 Å². The van der Waals surface area contributed by atoms with Crippen molar-refractivity contribution in [2.75, 3.05) is 6.61 Å². The molecule has 9 heteroatoms. The van der Waals surface area contributed by atoms with Crippen LogP contribution in [-0.4, -0.2) is 64.8 Å². The molecule has 0 radical (unpaired) electrons. The van der Waals surface area contributed by atoms with Gasteiger partial charge in [-0.15, -0.1) is 5.10 Å². The molecule has 3 heterocycles. The summed E-state index contributed by atoms with van der Waals surface area (Å²) in [6.45, 7) is -0.376. The van der Waals surface area contributed by atoms with Crippen LogP contribution in [-0.2, 0) is 11.8 Å². The second kappa shape index (κ2) is 4.94. The van der Waals surface area contributed by atoms with E-state index in [1.165, 1.54) is 11.0 Å². The number of nitrogens with zero attached hydrogens (tertiary/aromatic N) is 5. The van der Waals surface area contributed by atoms with Gasteiger partial charge in [-0.3, -0.25) is 4.68 Å². The van der Waals surface area contributed by atoms with Crippen molar-refractivity contribution in [3.05, 3.63) is 18.7 Å². The lowest BCUT2D eigenvalue weighted by molar-refractivity contribution is -0.0587. The highest BCUT2D eigenvalue weighted by atomic mass is 16.6. The monoisotopic (exact) mass is 281 g/mol. The Balaban J connectivity index is 1.84. The molecule has 9 nitrogen and oxygen atoms in total. The average Bonchev–Trinajstić information content (AvgIpc) is 3.12. The molecule has 3 rings (SSSR count). The van der Waals surface area contributed by atoms with Crippen LogP contribution in [0.1, 0.15) is 6.23 Å². The van der Waals surface area contributed by atoms with Gasteiger partial charge in [-0.1, -0.05) is 0 Å². The zero-order chi connectivity index (χ0) is 14.3. The molecule has 20 heavy (non-hydrogen) atoms. The van der Waals surface area contributed by atoms with Crippen molar-refractivity contribution in [2.24, 2.45) is 7.05 Å². The van der Waals surface area contributed by atoms with Gasteiger partial charge < -0.3 is 20.1 Å². The van der Waals surface area contributed by atoms with E-state index in [0.717, 1.165) is 5.56 Å². The van der Waals surface area contributed by atoms with E-state index in [0.29, 0.717) is 5.82 Å². The summed E-state index contributed by atoms with van der Waals surface area (Å²) < 4.78 is 8.32. The molecule has 108 valence electrons. The highest BCUT2D eigenvalue weighted by Gasteiger charge is 2.43. The molecule has 0 aliphatic carbocycles. The Morgan fingerprint density at radius 3 is 2.75 bits per heavy atom. The molecule has 1 aliphatic rings. The summed E-state index contributed by atoms with van der Waals surface area (Å²) in [5.74, 6) is 0.441. The summed E-state index contributed by atoms with van der Waals surface area (Å²) in [6, 6.07) is 0. The Labute approximate surface area is 114 Å². The third-order valence-electron chi connectivity index (χ3n) is 3.25. The van der Waals surface area contributed by atoms with Crippen LogP contribution in [0.15, 0.2) is 18.7 Å². The Morgan fingerprint density at radius 1 is 1.35 bits per heavy atom. The van der Waals surface area contributed by atoms with Crippen LogP contribution in [0.2, 0.25) is 0 Å². The number of ether oxygens (including phenoxy) is 1. The molecule has 0 spiro atoms. The van der Waals surface area contributed by atoms with Crippen LogP contribution in [0.4, 0.5) is 0 Å². The third kappa shape index (κ3) is 2.10. The smallest absolute Gasteiger partial charge is 0.184 e. The Kier molecular flexibility index (Phi) is 3.26. The maximum absolute atomic E-state index is 9.91. The van der Waals surface area contributed by atoms with Crippen LogP contribution in [0, 0.1) is 0 Å². The Bertz CT molecular complexity index is 597. The number of aliphatic hydroxyl groups excluding tert-OH is 3. The summed E-state index contributed by atoms with van der Waals surface area (Å²) in [7, 11) is 1.78. The van der Waals surface area contributed by atoms with E-state index in [1.54, 1.807) is 24.1 Å². The van der Waals surface area contributed by atoms with Crippen molar-refractivity contribution in [2.45, 2.75) is 24.5 Å². The number of aliphatic hydroxyl groups is 3. The molecule has 2 aromatic rings. The van der Waals surface area contributed by atoms with E-state index in [2.05, 4.69) is 15.2 Å². The van der Waals surface area contributed by atoms with Crippen molar-refractivity contribution >= 4 is 0 Å². The molecule has 1 saturated heterocycles. The van der Waals surface area contributed by atoms with Crippen LogP contribution < -0.4 is 0 Å². The third-order valence-corrected chi connectivity index (χ3v) is 3.25. The van der Waals surface area contributed by atoms with Crippen molar-refractivity contribution < 1.29 is 20.1 Å². The number of aryl methyl sites for hydroxylation is 1. The van der Waals surface area contributed by atoms with Gasteiger partial charge in [0.1, 0.15) is 24.6 Å². The second-order valence-corrected chi connectivity index (χ2v) is 4.68. The standard InChI is InChI=1S/C11H15N5O4/c1-15-3-6(2-13-15)10-12-5-16(14-10)11-9(19)8(18)7(4-17)20-11/h2-3,5,7-9,11,17-19H,4H2,1H3/t7-,8?,9?,11-/m1/s1. The average molecular weight is 281 g/mol. The van der Waals surface area contributed by atoms with Gasteiger partial charge >= 0.3 is 0 Å². The minimum atomic E-state index is -1.17. The first kappa shape index (κ1) is 13.2. The second-order valence-electron chi connectivity index (χ2n) is 4.68. The lowest BCUT2D eigenvalue weighted by Crippen LogP contribution is -2.33. The van der Waals surface area contributed by atoms with E-state index >= 15 is 0 Å². The van der Waals surface area contributed by atoms with Crippen molar-refractivity contribution in [3.8, 4) is 11.4 Å². The highest BCUT2D eigenvalue weighted by molar-refractivity contribution is 5.50. The van der Waals surface area contributed by atoms with Gasteiger partial charge in [0.05, 0.1) is 18.4 Å². The lowest BCUT2D eigenvalue weighted by atomic mass is 10.1. The zero-order valence-electron chi connectivity index (χ0n) is 10.7. The molecule has 1 fully saturated rings. The van der Waals surface area contributed by atoms with Crippen LogP contribution in [0.5, 0.6) is 0 Å². The zero-order valence-corrected chi connectivity index (χ0v) is 10.7. The van der Waals surface area contributed by atoms with Crippen LogP contribution >= 0.6 is 0 Å². The van der Waals surface area contributed by atoms with Gasteiger partial charge in [-0.05, 0) is 0 Å². The summed E-state index contributed by atoms with van der Waals surface area (Å²) in [5, 5.41) is 36.9. The highest BCUT2D eigenvalue weighted by Crippen LogP contribution is 2.29. The topological polar surface area (TPSA) is 118 Å². The molecule has 4 atom stereocenters.